The molecule has 0 aliphatic heterocycles. The van der Waals surface area contributed by atoms with Crippen molar-refractivity contribution >= 4 is 17.5 Å². The second-order valence-corrected chi connectivity index (χ2v) is 3.69. The number of para-hydroxylation sites is 1. The Labute approximate surface area is 98.9 Å². The first-order valence-corrected chi connectivity index (χ1v) is 5.19. The summed E-state index contributed by atoms with van der Waals surface area (Å²) in [6.07, 6.45) is 1.35. The molecule has 1 aromatic heterocycles. The molecular formula is C13H12N2O2. The zero-order chi connectivity index (χ0) is 12.3. The van der Waals surface area contributed by atoms with Gasteiger partial charge >= 0.3 is 5.97 Å². The molecule has 0 fully saturated rings. The Kier molecular flexibility index (Phi) is 3.05. The smallest absolute Gasteiger partial charge is 0.337 e. The van der Waals surface area contributed by atoms with Gasteiger partial charge in [-0.1, -0.05) is 18.2 Å². The molecule has 0 unspecified atom stereocenters. The fourth-order valence-corrected chi connectivity index (χ4v) is 1.48. The summed E-state index contributed by atoms with van der Waals surface area (Å²) in [5.74, 6) is -0.298. The van der Waals surface area contributed by atoms with Crippen molar-refractivity contribution in [3.63, 3.8) is 0 Å². The molecule has 0 bridgehead atoms. The van der Waals surface area contributed by atoms with Crippen molar-refractivity contribution in [3.8, 4) is 0 Å². The lowest BCUT2D eigenvalue weighted by atomic mass is 10.2. The first kappa shape index (κ1) is 11.1. The first-order chi connectivity index (χ1) is 8.16. The first-order valence-electron chi connectivity index (χ1n) is 5.19. The minimum atomic E-state index is -0.966. The summed E-state index contributed by atoms with van der Waals surface area (Å²) in [6, 6.07) is 11.2. The molecule has 0 saturated carbocycles. The van der Waals surface area contributed by atoms with Crippen molar-refractivity contribution in [2.45, 2.75) is 6.92 Å². The number of benzene rings is 1. The van der Waals surface area contributed by atoms with Gasteiger partial charge in [0.15, 0.2) is 0 Å². The maximum Gasteiger partial charge on any atom is 0.337 e. The van der Waals surface area contributed by atoms with E-state index in [2.05, 4.69) is 10.3 Å². The average molecular weight is 228 g/mol. The fourth-order valence-electron chi connectivity index (χ4n) is 1.48. The predicted octanol–water partition coefficient (Wildman–Crippen LogP) is 2.83. The largest absolute Gasteiger partial charge is 0.478 e. The van der Waals surface area contributed by atoms with E-state index in [1.165, 1.54) is 6.20 Å². The number of nitrogens with zero attached hydrogens (tertiary/aromatic N) is 1. The van der Waals surface area contributed by atoms with Crippen LogP contribution >= 0.6 is 0 Å². The fraction of sp³-hybridized carbons (Fsp3) is 0.0769. The second kappa shape index (κ2) is 4.65. The van der Waals surface area contributed by atoms with E-state index in [0.717, 1.165) is 11.3 Å². The molecule has 4 nitrogen and oxygen atoms in total. The number of aryl methyl sites for hydroxylation is 1. The van der Waals surface area contributed by atoms with Crippen LogP contribution in [-0.2, 0) is 0 Å². The normalized spacial score (nSPS) is 9.94. The molecule has 0 aliphatic rings. The van der Waals surface area contributed by atoms with Gasteiger partial charge in [0.1, 0.15) is 5.82 Å². The van der Waals surface area contributed by atoms with E-state index in [4.69, 9.17) is 5.11 Å². The second-order valence-electron chi connectivity index (χ2n) is 3.69. The van der Waals surface area contributed by atoms with Crippen LogP contribution in [0.1, 0.15) is 15.9 Å². The molecule has 1 aromatic carbocycles. The van der Waals surface area contributed by atoms with Gasteiger partial charge in [-0.2, -0.15) is 0 Å². The minimum Gasteiger partial charge on any atom is -0.478 e. The maximum absolute atomic E-state index is 10.8. The minimum absolute atomic E-state index is 0.195. The summed E-state index contributed by atoms with van der Waals surface area (Å²) in [5.41, 5.74) is 1.92. The average Bonchev–Trinajstić information content (AvgIpc) is 2.33. The van der Waals surface area contributed by atoms with Crippen LogP contribution < -0.4 is 5.32 Å². The van der Waals surface area contributed by atoms with Crippen LogP contribution in [0.25, 0.3) is 0 Å². The molecule has 0 saturated heterocycles. The highest BCUT2D eigenvalue weighted by Gasteiger charge is 2.06. The lowest BCUT2D eigenvalue weighted by molar-refractivity contribution is 0.0696. The Morgan fingerprint density at radius 2 is 2.00 bits per heavy atom. The van der Waals surface area contributed by atoms with Gasteiger partial charge in [-0.05, 0) is 30.7 Å². The van der Waals surface area contributed by atoms with Crippen LogP contribution in [0.3, 0.4) is 0 Å². The van der Waals surface area contributed by atoms with Crippen molar-refractivity contribution < 1.29 is 9.90 Å². The van der Waals surface area contributed by atoms with Crippen molar-refractivity contribution in [3.05, 3.63) is 53.7 Å². The topological polar surface area (TPSA) is 62.2 Å². The molecule has 0 spiro atoms. The Morgan fingerprint density at radius 3 is 2.59 bits per heavy atom. The molecule has 0 aliphatic carbocycles. The number of rotatable bonds is 3. The van der Waals surface area contributed by atoms with Gasteiger partial charge in [-0.25, -0.2) is 9.78 Å². The molecule has 0 atom stereocenters. The van der Waals surface area contributed by atoms with E-state index in [-0.39, 0.29) is 5.56 Å². The number of hydrogen-bond donors (Lipinski definition) is 2. The van der Waals surface area contributed by atoms with Crippen LogP contribution in [-0.4, -0.2) is 16.1 Å². The Bertz CT molecular complexity index is 538. The number of carboxylic acids is 1. The Hall–Kier alpha value is -2.36. The van der Waals surface area contributed by atoms with Crippen molar-refractivity contribution in [2.75, 3.05) is 5.32 Å². The number of carbonyl (C=O) groups is 1. The van der Waals surface area contributed by atoms with Crippen LogP contribution in [0.4, 0.5) is 11.5 Å². The number of nitrogens with one attached hydrogen (secondary N) is 1. The number of aromatic nitrogens is 1. The monoisotopic (exact) mass is 228 g/mol. The van der Waals surface area contributed by atoms with Crippen molar-refractivity contribution in [2.24, 2.45) is 0 Å². The highest BCUT2D eigenvalue weighted by atomic mass is 16.4. The highest BCUT2D eigenvalue weighted by Crippen LogP contribution is 2.18. The molecule has 2 aromatic rings. The zero-order valence-electron chi connectivity index (χ0n) is 9.34. The standard InChI is InChI=1S/C13H12N2O2/c1-9-7-10(13(16)17)8-14-12(9)15-11-5-3-2-4-6-11/h2-8H,1H3,(H,14,15)(H,16,17). The van der Waals surface area contributed by atoms with Gasteiger partial charge in [0.05, 0.1) is 5.56 Å². The Balaban J connectivity index is 2.26. The Morgan fingerprint density at radius 1 is 1.29 bits per heavy atom. The summed E-state index contributed by atoms with van der Waals surface area (Å²) in [5, 5.41) is 12.0. The third-order valence-corrected chi connectivity index (χ3v) is 2.36. The molecule has 0 radical (unpaired) electrons. The lowest BCUT2D eigenvalue weighted by Gasteiger charge is -2.08. The quantitative estimate of drug-likeness (QED) is 0.847. The molecule has 0 amide bonds. The summed E-state index contributed by atoms with van der Waals surface area (Å²) in [7, 11) is 0. The summed E-state index contributed by atoms with van der Waals surface area (Å²) in [4.78, 5) is 14.9. The number of aromatic carboxylic acids is 1. The molecular weight excluding hydrogens is 216 g/mol. The zero-order valence-corrected chi connectivity index (χ0v) is 9.34. The van der Waals surface area contributed by atoms with Gasteiger partial charge in [0, 0.05) is 11.9 Å². The SMILES string of the molecule is Cc1cc(C(=O)O)cnc1Nc1ccccc1. The molecule has 1 heterocycles. The van der Waals surface area contributed by atoms with E-state index >= 15 is 0 Å². The molecule has 86 valence electrons. The van der Waals surface area contributed by atoms with Gasteiger partial charge in [0.25, 0.3) is 0 Å². The van der Waals surface area contributed by atoms with Gasteiger partial charge in [0.2, 0.25) is 0 Å². The van der Waals surface area contributed by atoms with Gasteiger partial charge in [-0.3, -0.25) is 0 Å². The third kappa shape index (κ3) is 2.60. The van der Waals surface area contributed by atoms with E-state index in [1.807, 2.05) is 37.3 Å². The van der Waals surface area contributed by atoms with Crippen LogP contribution in [0, 0.1) is 6.92 Å². The van der Waals surface area contributed by atoms with Gasteiger partial charge in [-0.15, -0.1) is 0 Å². The number of pyridine rings is 1. The molecule has 17 heavy (non-hydrogen) atoms. The highest BCUT2D eigenvalue weighted by molar-refractivity contribution is 5.87. The van der Waals surface area contributed by atoms with Crippen molar-refractivity contribution in [1.29, 1.82) is 0 Å². The predicted molar refractivity (Wildman–Crippen MR) is 65.7 cm³/mol. The van der Waals surface area contributed by atoms with E-state index in [1.54, 1.807) is 6.07 Å². The number of carboxylic acid groups (broad SMARTS) is 1. The molecule has 2 N–H and O–H groups in total. The van der Waals surface area contributed by atoms with E-state index < -0.39 is 5.97 Å². The summed E-state index contributed by atoms with van der Waals surface area (Å²) < 4.78 is 0. The summed E-state index contributed by atoms with van der Waals surface area (Å²) in [6.45, 7) is 1.82. The van der Waals surface area contributed by atoms with E-state index in [0.29, 0.717) is 5.82 Å². The number of anilines is 2. The van der Waals surface area contributed by atoms with Crippen LogP contribution in [0.15, 0.2) is 42.6 Å². The van der Waals surface area contributed by atoms with Crippen molar-refractivity contribution in [1.82, 2.24) is 4.98 Å². The lowest BCUT2D eigenvalue weighted by Crippen LogP contribution is -2.01. The van der Waals surface area contributed by atoms with Crippen LogP contribution in [0.2, 0.25) is 0 Å². The molecule has 4 heteroatoms. The van der Waals surface area contributed by atoms with Crippen LogP contribution in [0.5, 0.6) is 0 Å². The number of hydrogen-bond acceptors (Lipinski definition) is 3. The summed E-state index contributed by atoms with van der Waals surface area (Å²) >= 11 is 0. The third-order valence-electron chi connectivity index (χ3n) is 2.36. The molecule has 2 rings (SSSR count). The van der Waals surface area contributed by atoms with E-state index in [9.17, 15) is 4.79 Å². The van der Waals surface area contributed by atoms with Gasteiger partial charge < -0.3 is 10.4 Å². The maximum atomic E-state index is 10.8.